The van der Waals surface area contributed by atoms with E-state index in [1.807, 2.05) is 37.3 Å². The maximum absolute atomic E-state index is 12.9. The van der Waals surface area contributed by atoms with E-state index in [0.717, 1.165) is 16.9 Å². The lowest BCUT2D eigenvalue weighted by atomic mass is 9.92. The largest absolute Gasteiger partial charge is 0.348 e. The average molecular weight is 408 g/mol. The summed E-state index contributed by atoms with van der Waals surface area (Å²) in [6.07, 6.45) is 1.01. The van der Waals surface area contributed by atoms with Crippen molar-refractivity contribution in [3.63, 3.8) is 0 Å². The Morgan fingerprint density at radius 3 is 2.27 bits per heavy atom. The van der Waals surface area contributed by atoms with Crippen LogP contribution in [0.1, 0.15) is 50.4 Å². The quantitative estimate of drug-likeness (QED) is 0.689. The van der Waals surface area contributed by atoms with E-state index in [0.29, 0.717) is 11.5 Å². The number of urea groups is 1. The van der Waals surface area contributed by atoms with Gasteiger partial charge in [-0.3, -0.25) is 14.5 Å². The average Bonchev–Trinajstić information content (AvgIpc) is 2.92. The molecule has 1 saturated heterocycles. The summed E-state index contributed by atoms with van der Waals surface area (Å²) in [5, 5.41) is 5.59. The fourth-order valence-corrected chi connectivity index (χ4v) is 3.74. The molecule has 0 bridgehead atoms. The third-order valence-electron chi connectivity index (χ3n) is 5.43. The summed E-state index contributed by atoms with van der Waals surface area (Å²) in [7, 11) is 0. The predicted molar refractivity (Wildman–Crippen MR) is 116 cm³/mol. The Balaban J connectivity index is 1.63. The summed E-state index contributed by atoms with van der Waals surface area (Å²) in [4.78, 5) is 38.8. The van der Waals surface area contributed by atoms with Crippen LogP contribution in [0.15, 0.2) is 54.6 Å². The summed E-state index contributed by atoms with van der Waals surface area (Å²) in [6, 6.07) is 16.4. The fourth-order valence-electron chi connectivity index (χ4n) is 3.74. The van der Waals surface area contributed by atoms with Gasteiger partial charge >= 0.3 is 6.03 Å². The van der Waals surface area contributed by atoms with Gasteiger partial charge in [-0.05, 0) is 42.9 Å². The van der Waals surface area contributed by atoms with Crippen molar-refractivity contribution in [2.45, 2.75) is 45.7 Å². The van der Waals surface area contributed by atoms with Crippen LogP contribution in [0, 0.1) is 5.92 Å². The zero-order valence-electron chi connectivity index (χ0n) is 17.9. The fraction of sp³-hybridized carbons (Fsp3) is 0.375. The Hall–Kier alpha value is -3.15. The van der Waals surface area contributed by atoms with Gasteiger partial charge in [0.1, 0.15) is 12.1 Å². The molecule has 2 aromatic rings. The molecular formula is C24H29N3O3. The highest BCUT2D eigenvalue weighted by Gasteiger charge is 2.49. The number of amides is 4. The number of hydrogen-bond acceptors (Lipinski definition) is 3. The van der Waals surface area contributed by atoms with Gasteiger partial charge < -0.3 is 10.6 Å². The Bertz CT molecular complexity index is 924. The molecule has 0 aromatic heterocycles. The smallest absolute Gasteiger partial charge is 0.325 e. The van der Waals surface area contributed by atoms with Crippen molar-refractivity contribution in [1.29, 1.82) is 0 Å². The molecule has 1 aliphatic rings. The number of hydrogen-bond donors (Lipinski definition) is 2. The molecule has 6 nitrogen and oxygen atoms in total. The highest BCUT2D eigenvalue weighted by molar-refractivity contribution is 6.09. The van der Waals surface area contributed by atoms with E-state index >= 15 is 0 Å². The maximum atomic E-state index is 12.9. The van der Waals surface area contributed by atoms with Crippen LogP contribution in [-0.2, 0) is 21.5 Å². The molecule has 0 radical (unpaired) electrons. The van der Waals surface area contributed by atoms with Crippen LogP contribution in [0.3, 0.4) is 0 Å². The normalized spacial score (nSPS) is 19.7. The molecule has 158 valence electrons. The number of imide groups is 1. The second-order valence-corrected chi connectivity index (χ2v) is 8.44. The first-order chi connectivity index (χ1) is 14.2. The van der Waals surface area contributed by atoms with Gasteiger partial charge in [0.2, 0.25) is 5.91 Å². The molecule has 1 heterocycles. The lowest BCUT2D eigenvalue weighted by molar-refractivity contribution is -0.135. The van der Waals surface area contributed by atoms with Gasteiger partial charge in [0.15, 0.2) is 0 Å². The van der Waals surface area contributed by atoms with Crippen molar-refractivity contribution in [3.8, 4) is 0 Å². The van der Waals surface area contributed by atoms with Crippen molar-refractivity contribution in [2.75, 3.05) is 6.54 Å². The lowest BCUT2D eigenvalue weighted by Crippen LogP contribution is -2.43. The Morgan fingerprint density at radius 2 is 1.67 bits per heavy atom. The van der Waals surface area contributed by atoms with E-state index < -0.39 is 17.5 Å². The molecule has 6 heteroatoms. The van der Waals surface area contributed by atoms with E-state index in [-0.39, 0.29) is 18.5 Å². The maximum Gasteiger partial charge on any atom is 0.325 e. The van der Waals surface area contributed by atoms with Crippen LogP contribution >= 0.6 is 0 Å². The predicted octanol–water partition coefficient (Wildman–Crippen LogP) is 3.53. The number of benzene rings is 2. The number of rotatable bonds is 7. The first kappa shape index (κ1) is 21.6. The Kier molecular flexibility index (Phi) is 6.25. The molecule has 1 aliphatic heterocycles. The van der Waals surface area contributed by atoms with E-state index in [1.54, 1.807) is 19.1 Å². The molecular weight excluding hydrogens is 378 g/mol. The van der Waals surface area contributed by atoms with E-state index in [9.17, 15) is 14.4 Å². The molecule has 1 fully saturated rings. The number of nitrogens with one attached hydrogen (secondary N) is 2. The van der Waals surface area contributed by atoms with Gasteiger partial charge in [-0.2, -0.15) is 0 Å². The summed E-state index contributed by atoms with van der Waals surface area (Å²) in [5.41, 5.74) is 1.74. The zero-order valence-corrected chi connectivity index (χ0v) is 17.9. The molecule has 3 rings (SSSR count). The summed E-state index contributed by atoms with van der Waals surface area (Å²) in [5.74, 6) is -0.229. The molecule has 30 heavy (non-hydrogen) atoms. The number of carbonyl (C=O) groups excluding carboxylic acids is 3. The summed E-state index contributed by atoms with van der Waals surface area (Å²) < 4.78 is 0. The molecule has 2 N–H and O–H groups in total. The third kappa shape index (κ3) is 4.53. The van der Waals surface area contributed by atoms with Gasteiger partial charge in [-0.25, -0.2) is 4.79 Å². The minimum absolute atomic E-state index is 0.230. The molecule has 2 aromatic carbocycles. The van der Waals surface area contributed by atoms with Gasteiger partial charge in [0.05, 0.1) is 6.04 Å². The monoisotopic (exact) mass is 407 g/mol. The minimum Gasteiger partial charge on any atom is -0.348 e. The molecule has 0 spiro atoms. The lowest BCUT2D eigenvalue weighted by Gasteiger charge is -2.22. The van der Waals surface area contributed by atoms with Crippen molar-refractivity contribution >= 4 is 17.8 Å². The second kappa shape index (κ2) is 8.69. The second-order valence-electron chi connectivity index (χ2n) is 8.44. The van der Waals surface area contributed by atoms with Crippen molar-refractivity contribution in [2.24, 2.45) is 5.92 Å². The van der Waals surface area contributed by atoms with Gasteiger partial charge in [0.25, 0.3) is 5.91 Å². The van der Waals surface area contributed by atoms with Crippen LogP contribution in [0.2, 0.25) is 0 Å². The van der Waals surface area contributed by atoms with Gasteiger partial charge in [-0.1, -0.05) is 68.4 Å². The first-order valence-corrected chi connectivity index (χ1v) is 10.3. The van der Waals surface area contributed by atoms with E-state index in [2.05, 4.69) is 36.6 Å². The highest BCUT2D eigenvalue weighted by atomic mass is 16.2. The van der Waals surface area contributed by atoms with Crippen LogP contribution < -0.4 is 10.6 Å². The first-order valence-electron chi connectivity index (χ1n) is 10.3. The number of carbonyl (C=O) groups is 3. The molecule has 0 unspecified atom stereocenters. The van der Waals surface area contributed by atoms with Crippen LogP contribution in [0.25, 0.3) is 0 Å². The standard InChI is InChI=1S/C24H29N3O3/c1-16(2)14-18-10-12-19(13-11-18)17(3)25-21(28)15-27-22(29)24(4,26-23(27)30)20-8-6-5-7-9-20/h5-13,16-17H,14-15H2,1-4H3,(H,25,28)(H,26,30)/t17-,24-/m1/s1. The summed E-state index contributed by atoms with van der Waals surface area (Å²) in [6.45, 7) is 7.57. The Morgan fingerprint density at radius 1 is 1.03 bits per heavy atom. The molecule has 0 saturated carbocycles. The van der Waals surface area contributed by atoms with Crippen LogP contribution in [0.5, 0.6) is 0 Å². The topological polar surface area (TPSA) is 78.5 Å². The van der Waals surface area contributed by atoms with Gasteiger partial charge in [0, 0.05) is 0 Å². The Labute approximate surface area is 177 Å². The molecule has 2 atom stereocenters. The van der Waals surface area contributed by atoms with E-state index in [1.165, 1.54) is 5.56 Å². The highest BCUT2D eigenvalue weighted by Crippen LogP contribution is 2.28. The zero-order chi connectivity index (χ0) is 21.9. The van der Waals surface area contributed by atoms with Crippen molar-refractivity contribution in [1.82, 2.24) is 15.5 Å². The minimum atomic E-state index is -1.17. The van der Waals surface area contributed by atoms with Crippen molar-refractivity contribution in [3.05, 3.63) is 71.3 Å². The van der Waals surface area contributed by atoms with E-state index in [4.69, 9.17) is 0 Å². The SMILES string of the molecule is CC(C)Cc1ccc([C@@H](C)NC(=O)CN2C(=O)N[C@](C)(c3ccccc3)C2=O)cc1. The molecule has 0 aliphatic carbocycles. The summed E-state index contributed by atoms with van der Waals surface area (Å²) >= 11 is 0. The van der Waals surface area contributed by atoms with Gasteiger partial charge in [-0.15, -0.1) is 0 Å². The third-order valence-corrected chi connectivity index (χ3v) is 5.43. The van der Waals surface area contributed by atoms with Crippen LogP contribution in [0.4, 0.5) is 4.79 Å². The van der Waals surface area contributed by atoms with Crippen molar-refractivity contribution < 1.29 is 14.4 Å². The van der Waals surface area contributed by atoms with Crippen LogP contribution in [-0.4, -0.2) is 29.3 Å². The molecule has 4 amide bonds. The number of nitrogens with zero attached hydrogens (tertiary/aromatic N) is 1.